The van der Waals surface area contributed by atoms with Crippen molar-refractivity contribution in [3.05, 3.63) is 71.9 Å². The molecule has 3 aromatic heterocycles. The SMILES string of the molecule is Cc1n[nH]nc1-c1ccnc(-c2cn(Cc3c(F)cccc3F)cn2)c1. The molecule has 4 rings (SSSR count). The number of aromatic amines is 1. The van der Waals surface area contributed by atoms with Gasteiger partial charge >= 0.3 is 0 Å². The lowest BCUT2D eigenvalue weighted by Crippen LogP contribution is -2.02. The molecule has 130 valence electrons. The molecule has 1 N–H and O–H groups in total. The molecule has 0 saturated carbocycles. The van der Waals surface area contributed by atoms with Gasteiger partial charge in [0.05, 0.1) is 24.3 Å². The standard InChI is InChI=1S/C18H14F2N6/c1-11-18(24-25-23-11)12-5-6-21-16(7-12)17-9-26(10-22-17)8-13-14(19)3-2-4-15(13)20/h2-7,9-10H,8H2,1H3,(H,23,24,25). The van der Waals surface area contributed by atoms with Crippen LogP contribution in [0, 0.1) is 18.6 Å². The first kappa shape index (κ1) is 16.1. The average molecular weight is 352 g/mol. The zero-order chi connectivity index (χ0) is 18.1. The van der Waals surface area contributed by atoms with E-state index in [0.29, 0.717) is 11.4 Å². The number of rotatable bonds is 4. The lowest BCUT2D eigenvalue weighted by atomic mass is 10.1. The fourth-order valence-electron chi connectivity index (χ4n) is 2.72. The minimum Gasteiger partial charge on any atom is -0.332 e. The van der Waals surface area contributed by atoms with E-state index in [2.05, 4.69) is 25.4 Å². The Kier molecular flexibility index (Phi) is 4.00. The zero-order valence-corrected chi connectivity index (χ0v) is 13.8. The van der Waals surface area contributed by atoms with Crippen molar-refractivity contribution in [1.82, 2.24) is 29.9 Å². The first-order valence-corrected chi connectivity index (χ1v) is 7.90. The molecule has 0 radical (unpaired) electrons. The quantitative estimate of drug-likeness (QED) is 0.611. The van der Waals surface area contributed by atoms with Crippen LogP contribution in [0.25, 0.3) is 22.6 Å². The van der Waals surface area contributed by atoms with E-state index in [1.807, 2.05) is 19.1 Å². The summed E-state index contributed by atoms with van der Waals surface area (Å²) >= 11 is 0. The Morgan fingerprint density at radius 3 is 2.58 bits per heavy atom. The second-order valence-corrected chi connectivity index (χ2v) is 5.82. The Hall–Kier alpha value is -3.42. The molecule has 0 unspecified atom stereocenters. The number of hydrogen-bond donors (Lipinski definition) is 1. The summed E-state index contributed by atoms with van der Waals surface area (Å²) in [5.74, 6) is -1.16. The molecule has 0 bridgehead atoms. The van der Waals surface area contributed by atoms with Crippen LogP contribution in [0.2, 0.25) is 0 Å². The normalized spacial score (nSPS) is 11.0. The number of imidazole rings is 1. The van der Waals surface area contributed by atoms with Crippen molar-refractivity contribution in [3.63, 3.8) is 0 Å². The molecule has 26 heavy (non-hydrogen) atoms. The number of pyridine rings is 1. The molecule has 6 nitrogen and oxygen atoms in total. The van der Waals surface area contributed by atoms with E-state index in [4.69, 9.17) is 0 Å². The van der Waals surface area contributed by atoms with E-state index >= 15 is 0 Å². The van der Waals surface area contributed by atoms with Crippen molar-refractivity contribution < 1.29 is 8.78 Å². The second kappa shape index (κ2) is 6.47. The van der Waals surface area contributed by atoms with E-state index in [1.54, 1.807) is 17.0 Å². The van der Waals surface area contributed by atoms with Gasteiger partial charge in [-0.15, -0.1) is 0 Å². The summed E-state index contributed by atoms with van der Waals surface area (Å²) in [6, 6.07) is 7.50. The van der Waals surface area contributed by atoms with Gasteiger partial charge in [-0.25, -0.2) is 13.8 Å². The maximum absolute atomic E-state index is 13.8. The molecule has 1 aromatic carbocycles. The van der Waals surface area contributed by atoms with Gasteiger partial charge in [0, 0.05) is 23.5 Å². The van der Waals surface area contributed by atoms with E-state index in [9.17, 15) is 8.78 Å². The number of aryl methyl sites for hydroxylation is 1. The Morgan fingerprint density at radius 2 is 1.85 bits per heavy atom. The maximum atomic E-state index is 13.8. The van der Waals surface area contributed by atoms with E-state index in [1.165, 1.54) is 24.5 Å². The lowest BCUT2D eigenvalue weighted by Gasteiger charge is -2.05. The van der Waals surface area contributed by atoms with Gasteiger partial charge < -0.3 is 4.57 Å². The number of halogens is 2. The van der Waals surface area contributed by atoms with Gasteiger partial charge in [0.1, 0.15) is 23.0 Å². The molecule has 0 fully saturated rings. The molecule has 0 aliphatic heterocycles. The van der Waals surface area contributed by atoms with E-state index < -0.39 is 11.6 Å². The first-order chi connectivity index (χ1) is 12.6. The number of hydrogen-bond acceptors (Lipinski definition) is 4. The summed E-state index contributed by atoms with van der Waals surface area (Å²) in [7, 11) is 0. The highest BCUT2D eigenvalue weighted by Crippen LogP contribution is 2.24. The van der Waals surface area contributed by atoms with Gasteiger partial charge in [0.25, 0.3) is 0 Å². The average Bonchev–Trinajstić information content (AvgIpc) is 3.27. The van der Waals surface area contributed by atoms with E-state index in [0.717, 1.165) is 17.0 Å². The van der Waals surface area contributed by atoms with Crippen LogP contribution in [0.4, 0.5) is 8.78 Å². The molecule has 8 heteroatoms. The number of H-pyrrole nitrogens is 1. The Bertz CT molecular complexity index is 1050. The molecule has 0 aliphatic rings. The van der Waals surface area contributed by atoms with Crippen LogP contribution in [-0.4, -0.2) is 29.9 Å². The third-order valence-electron chi connectivity index (χ3n) is 4.05. The predicted molar refractivity (Wildman–Crippen MR) is 91.0 cm³/mol. The van der Waals surface area contributed by atoms with Crippen LogP contribution in [-0.2, 0) is 6.54 Å². The Balaban J connectivity index is 1.64. The second-order valence-electron chi connectivity index (χ2n) is 5.82. The van der Waals surface area contributed by atoms with E-state index in [-0.39, 0.29) is 12.1 Å². The van der Waals surface area contributed by atoms with Crippen molar-refractivity contribution in [2.45, 2.75) is 13.5 Å². The molecular weight excluding hydrogens is 338 g/mol. The lowest BCUT2D eigenvalue weighted by molar-refractivity contribution is 0.544. The fourth-order valence-corrected chi connectivity index (χ4v) is 2.72. The molecule has 0 saturated heterocycles. The summed E-state index contributed by atoms with van der Waals surface area (Å²) in [6.45, 7) is 1.91. The van der Waals surface area contributed by atoms with Crippen LogP contribution in [0.5, 0.6) is 0 Å². The van der Waals surface area contributed by atoms with Crippen molar-refractivity contribution in [2.75, 3.05) is 0 Å². The topological polar surface area (TPSA) is 72.3 Å². The number of aromatic nitrogens is 6. The predicted octanol–water partition coefficient (Wildman–Crippen LogP) is 3.37. The van der Waals surface area contributed by atoms with Crippen molar-refractivity contribution >= 4 is 0 Å². The third kappa shape index (κ3) is 2.97. The van der Waals surface area contributed by atoms with Crippen LogP contribution in [0.1, 0.15) is 11.3 Å². The van der Waals surface area contributed by atoms with Crippen LogP contribution in [0.3, 0.4) is 0 Å². The Labute approximate surface area is 147 Å². The summed E-state index contributed by atoms with van der Waals surface area (Å²) in [4.78, 5) is 8.62. The summed E-state index contributed by atoms with van der Waals surface area (Å²) in [6.07, 6.45) is 4.89. The van der Waals surface area contributed by atoms with Crippen LogP contribution in [0.15, 0.2) is 49.1 Å². The molecule has 4 aromatic rings. The van der Waals surface area contributed by atoms with Gasteiger partial charge in [-0.05, 0) is 31.2 Å². The summed E-state index contributed by atoms with van der Waals surface area (Å²) in [5.41, 5.74) is 3.61. The van der Waals surface area contributed by atoms with Crippen molar-refractivity contribution in [3.8, 4) is 22.6 Å². The van der Waals surface area contributed by atoms with Crippen LogP contribution < -0.4 is 0 Å². The smallest absolute Gasteiger partial charge is 0.131 e. The highest BCUT2D eigenvalue weighted by Gasteiger charge is 2.12. The van der Waals surface area contributed by atoms with Gasteiger partial charge in [-0.1, -0.05) is 6.07 Å². The minimum absolute atomic E-state index is 0.00335. The molecule has 0 aliphatic carbocycles. The largest absolute Gasteiger partial charge is 0.332 e. The van der Waals surface area contributed by atoms with Gasteiger partial charge in [-0.2, -0.15) is 15.4 Å². The highest BCUT2D eigenvalue weighted by atomic mass is 19.1. The monoisotopic (exact) mass is 352 g/mol. The zero-order valence-electron chi connectivity index (χ0n) is 13.8. The van der Waals surface area contributed by atoms with Crippen molar-refractivity contribution in [2.24, 2.45) is 0 Å². The third-order valence-corrected chi connectivity index (χ3v) is 4.05. The Morgan fingerprint density at radius 1 is 1.04 bits per heavy atom. The minimum atomic E-state index is -0.582. The molecule has 0 amide bonds. The number of nitrogens with zero attached hydrogens (tertiary/aromatic N) is 5. The molecule has 0 spiro atoms. The fraction of sp³-hybridized carbons (Fsp3) is 0.111. The maximum Gasteiger partial charge on any atom is 0.131 e. The summed E-state index contributed by atoms with van der Waals surface area (Å²) in [5, 5.41) is 10.7. The first-order valence-electron chi connectivity index (χ1n) is 7.90. The summed E-state index contributed by atoms with van der Waals surface area (Å²) < 4.78 is 29.2. The van der Waals surface area contributed by atoms with Gasteiger partial charge in [0.15, 0.2) is 0 Å². The number of nitrogens with one attached hydrogen (secondary N) is 1. The van der Waals surface area contributed by atoms with Crippen molar-refractivity contribution in [1.29, 1.82) is 0 Å². The highest BCUT2D eigenvalue weighted by molar-refractivity contribution is 5.67. The molecular formula is C18H14F2N6. The van der Waals surface area contributed by atoms with Gasteiger partial charge in [0.2, 0.25) is 0 Å². The molecule has 3 heterocycles. The molecule has 0 atom stereocenters. The number of benzene rings is 1. The van der Waals surface area contributed by atoms with Gasteiger partial charge in [-0.3, -0.25) is 4.98 Å². The van der Waals surface area contributed by atoms with Crippen LogP contribution >= 0.6 is 0 Å².